The molecule has 1 aliphatic heterocycles. The van der Waals surface area contributed by atoms with Gasteiger partial charge in [-0.15, -0.1) is 0 Å². The average Bonchev–Trinajstić information content (AvgIpc) is 2.01. The van der Waals surface area contributed by atoms with E-state index in [0.29, 0.717) is 6.61 Å². The Kier molecular flexibility index (Phi) is 3.31. The van der Waals surface area contributed by atoms with Crippen molar-refractivity contribution in [3.05, 3.63) is 0 Å². The first-order valence-electron chi connectivity index (χ1n) is 4.02. The van der Waals surface area contributed by atoms with Gasteiger partial charge in [0.2, 0.25) is 0 Å². The van der Waals surface area contributed by atoms with Gasteiger partial charge in [-0.05, 0) is 7.05 Å². The van der Waals surface area contributed by atoms with Crippen molar-refractivity contribution in [2.75, 3.05) is 33.3 Å². The van der Waals surface area contributed by atoms with Gasteiger partial charge in [0.05, 0.1) is 6.04 Å². The number of nitrogens with one attached hydrogen (secondary N) is 1. The zero-order chi connectivity index (χ0) is 8.97. The minimum atomic E-state index is -0.704. The quantitative estimate of drug-likeness (QED) is 0.561. The lowest BCUT2D eigenvalue weighted by Crippen LogP contribution is -2.51. The highest BCUT2D eigenvalue weighted by atomic mass is 16.5. The van der Waals surface area contributed by atoms with Gasteiger partial charge < -0.3 is 20.7 Å². The Hall–Kier alpha value is -0.810. The highest BCUT2D eigenvalue weighted by molar-refractivity contribution is 5.64. The maximum Gasteiger partial charge on any atom is 0.404 e. The summed E-state index contributed by atoms with van der Waals surface area (Å²) in [6.07, 6.45) is -0.704. The number of amides is 1. The van der Waals surface area contributed by atoms with Gasteiger partial charge >= 0.3 is 6.09 Å². The van der Waals surface area contributed by atoms with Crippen LogP contribution in [0.5, 0.6) is 0 Å². The molecule has 1 fully saturated rings. The van der Waals surface area contributed by atoms with E-state index in [2.05, 4.69) is 15.0 Å². The third kappa shape index (κ3) is 3.06. The fourth-order valence-electron chi connectivity index (χ4n) is 1.29. The van der Waals surface area contributed by atoms with E-state index in [1.165, 1.54) is 0 Å². The minimum Gasteiger partial charge on any atom is -0.448 e. The molecule has 5 nitrogen and oxygen atoms in total. The van der Waals surface area contributed by atoms with Gasteiger partial charge in [0.15, 0.2) is 0 Å². The fraction of sp³-hybridized carbons (Fsp3) is 0.857. The van der Waals surface area contributed by atoms with Crippen molar-refractivity contribution in [1.82, 2.24) is 10.2 Å². The molecule has 5 heteroatoms. The van der Waals surface area contributed by atoms with Crippen molar-refractivity contribution >= 4 is 6.09 Å². The average molecular weight is 173 g/mol. The van der Waals surface area contributed by atoms with Crippen LogP contribution in [0.2, 0.25) is 0 Å². The summed E-state index contributed by atoms with van der Waals surface area (Å²) in [4.78, 5) is 12.5. The highest BCUT2D eigenvalue weighted by Crippen LogP contribution is 1.96. The molecule has 0 bridgehead atoms. The van der Waals surface area contributed by atoms with Crippen molar-refractivity contribution in [3.8, 4) is 0 Å². The molecule has 1 atom stereocenters. The Balaban J connectivity index is 2.18. The maximum atomic E-state index is 10.3. The van der Waals surface area contributed by atoms with Crippen LogP contribution in [-0.2, 0) is 4.74 Å². The van der Waals surface area contributed by atoms with Crippen LogP contribution in [0.3, 0.4) is 0 Å². The monoisotopic (exact) mass is 173 g/mol. The van der Waals surface area contributed by atoms with Gasteiger partial charge in [-0.3, -0.25) is 0 Å². The van der Waals surface area contributed by atoms with E-state index in [0.717, 1.165) is 19.6 Å². The molecule has 0 aromatic heterocycles. The second kappa shape index (κ2) is 4.27. The van der Waals surface area contributed by atoms with Crippen LogP contribution in [0, 0.1) is 0 Å². The van der Waals surface area contributed by atoms with Crippen LogP contribution in [0.25, 0.3) is 0 Å². The molecule has 12 heavy (non-hydrogen) atoms. The van der Waals surface area contributed by atoms with Gasteiger partial charge in [0.1, 0.15) is 6.61 Å². The molecule has 70 valence electrons. The Bertz CT molecular complexity index is 163. The number of nitrogens with zero attached hydrogens (tertiary/aromatic N) is 1. The van der Waals surface area contributed by atoms with Crippen LogP contribution in [0.15, 0.2) is 0 Å². The van der Waals surface area contributed by atoms with Crippen LogP contribution in [0.4, 0.5) is 4.79 Å². The first kappa shape index (κ1) is 9.28. The molecule has 1 heterocycles. The van der Waals surface area contributed by atoms with E-state index in [4.69, 9.17) is 5.73 Å². The second-order valence-electron chi connectivity index (χ2n) is 3.04. The van der Waals surface area contributed by atoms with Crippen molar-refractivity contribution in [1.29, 1.82) is 0 Å². The lowest BCUT2D eigenvalue weighted by atomic mass is 10.2. The summed E-state index contributed by atoms with van der Waals surface area (Å²) in [5.41, 5.74) is 4.84. The van der Waals surface area contributed by atoms with E-state index in [1.54, 1.807) is 0 Å². The number of carbonyl (C=O) groups excluding carboxylic acids is 1. The number of hydrogen-bond donors (Lipinski definition) is 2. The van der Waals surface area contributed by atoms with Crippen molar-refractivity contribution in [2.24, 2.45) is 5.73 Å². The zero-order valence-electron chi connectivity index (χ0n) is 7.25. The van der Waals surface area contributed by atoms with Crippen molar-refractivity contribution < 1.29 is 9.53 Å². The number of ether oxygens (including phenoxy) is 1. The van der Waals surface area contributed by atoms with Gasteiger partial charge in [-0.25, -0.2) is 4.79 Å². The summed E-state index contributed by atoms with van der Waals surface area (Å²) in [6, 6.07) is 0.219. The number of rotatable bonds is 2. The molecule has 0 aliphatic carbocycles. The van der Waals surface area contributed by atoms with Crippen LogP contribution in [0.1, 0.15) is 0 Å². The van der Waals surface area contributed by atoms with Crippen LogP contribution >= 0.6 is 0 Å². The maximum absolute atomic E-state index is 10.3. The lowest BCUT2D eigenvalue weighted by molar-refractivity contribution is 0.122. The molecular weight excluding hydrogens is 158 g/mol. The molecule has 1 aliphatic rings. The lowest BCUT2D eigenvalue weighted by Gasteiger charge is -2.30. The first-order valence-corrected chi connectivity index (χ1v) is 4.02. The fourth-order valence-corrected chi connectivity index (χ4v) is 1.29. The van der Waals surface area contributed by atoms with E-state index in [1.807, 2.05) is 7.05 Å². The predicted octanol–water partition coefficient (Wildman–Crippen LogP) is -1.01. The number of piperazine rings is 1. The predicted molar refractivity (Wildman–Crippen MR) is 44.8 cm³/mol. The number of carbonyl (C=O) groups is 1. The van der Waals surface area contributed by atoms with Crippen LogP contribution in [-0.4, -0.2) is 50.3 Å². The van der Waals surface area contributed by atoms with E-state index >= 15 is 0 Å². The molecule has 1 saturated heterocycles. The number of primary amides is 1. The summed E-state index contributed by atoms with van der Waals surface area (Å²) >= 11 is 0. The Labute approximate surface area is 71.8 Å². The smallest absolute Gasteiger partial charge is 0.404 e. The molecule has 1 unspecified atom stereocenters. The third-order valence-corrected chi connectivity index (χ3v) is 1.89. The molecule has 1 rings (SSSR count). The summed E-state index contributed by atoms with van der Waals surface area (Å²) in [7, 11) is 2.04. The van der Waals surface area contributed by atoms with Gasteiger partial charge in [0.25, 0.3) is 0 Å². The summed E-state index contributed by atoms with van der Waals surface area (Å²) < 4.78 is 4.68. The topological polar surface area (TPSA) is 67.6 Å². The van der Waals surface area contributed by atoms with Gasteiger partial charge in [-0.1, -0.05) is 0 Å². The van der Waals surface area contributed by atoms with Crippen molar-refractivity contribution in [3.63, 3.8) is 0 Å². The SMILES string of the molecule is CN1CCNC(COC(N)=O)C1. The summed E-state index contributed by atoms with van der Waals surface area (Å²) in [5.74, 6) is 0. The normalized spacial score (nSPS) is 25.2. The van der Waals surface area contributed by atoms with Gasteiger partial charge in [-0.2, -0.15) is 0 Å². The first-order chi connectivity index (χ1) is 5.68. The van der Waals surface area contributed by atoms with E-state index in [9.17, 15) is 4.79 Å². The van der Waals surface area contributed by atoms with Crippen molar-refractivity contribution in [2.45, 2.75) is 6.04 Å². The number of likely N-dealkylation sites (N-methyl/N-ethyl adjacent to an activating group) is 1. The number of hydrogen-bond acceptors (Lipinski definition) is 4. The zero-order valence-corrected chi connectivity index (χ0v) is 7.25. The molecule has 0 aromatic rings. The summed E-state index contributed by atoms with van der Waals surface area (Å²) in [5, 5.41) is 3.23. The van der Waals surface area contributed by atoms with E-state index < -0.39 is 6.09 Å². The molecule has 0 aromatic carbocycles. The minimum absolute atomic E-state index is 0.219. The second-order valence-corrected chi connectivity index (χ2v) is 3.04. The Morgan fingerprint density at radius 1 is 1.83 bits per heavy atom. The molecule has 3 N–H and O–H groups in total. The molecule has 0 radical (unpaired) electrons. The number of nitrogens with two attached hydrogens (primary N) is 1. The molecule has 0 spiro atoms. The highest BCUT2D eigenvalue weighted by Gasteiger charge is 2.16. The molecular formula is C7H15N3O2. The Morgan fingerprint density at radius 2 is 2.58 bits per heavy atom. The Morgan fingerprint density at radius 3 is 3.17 bits per heavy atom. The molecule has 0 saturated carbocycles. The molecule has 1 amide bonds. The summed E-state index contributed by atoms with van der Waals surface area (Å²) in [6.45, 7) is 3.23. The third-order valence-electron chi connectivity index (χ3n) is 1.89. The van der Waals surface area contributed by atoms with Crippen LogP contribution < -0.4 is 11.1 Å². The van der Waals surface area contributed by atoms with Gasteiger partial charge in [0, 0.05) is 19.6 Å². The van der Waals surface area contributed by atoms with E-state index in [-0.39, 0.29) is 6.04 Å². The standard InChI is InChI=1S/C7H15N3O2/c1-10-3-2-9-6(4-10)5-12-7(8)11/h6,9H,2-5H2,1H3,(H2,8,11). The largest absolute Gasteiger partial charge is 0.448 e.